The molecule has 1 aromatic heterocycles. The predicted molar refractivity (Wildman–Crippen MR) is 134 cm³/mol. The largest absolute Gasteiger partial charge is 0.396 e. The third-order valence-electron chi connectivity index (χ3n) is 7.45. The van der Waals surface area contributed by atoms with Gasteiger partial charge in [0.15, 0.2) is 0 Å². The van der Waals surface area contributed by atoms with Crippen LogP contribution in [0.4, 0.5) is 0 Å². The van der Waals surface area contributed by atoms with Crippen molar-refractivity contribution in [3.63, 3.8) is 0 Å². The molecule has 0 radical (unpaired) electrons. The molecule has 3 aliphatic rings. The maximum absolute atomic E-state index is 8.21. The molecule has 3 aliphatic carbocycles. The molecule has 2 aromatic carbocycles. The third kappa shape index (κ3) is 5.07. The Hall–Kier alpha value is -1.78. The molecule has 1 heterocycles. The Morgan fingerprint density at radius 1 is 0.844 bits per heavy atom. The average molecular weight is 449 g/mol. The van der Waals surface area contributed by atoms with Crippen molar-refractivity contribution in [3.05, 3.63) is 59.9 Å². The normalized spacial score (nSPS) is 23.1. The number of hydrogen-bond acceptors (Lipinski definition) is 3. The molecule has 6 rings (SSSR count). The van der Waals surface area contributed by atoms with Crippen molar-refractivity contribution in [2.24, 2.45) is 11.8 Å². The summed E-state index contributed by atoms with van der Waals surface area (Å²) in [6.45, 7) is 1.59. The summed E-state index contributed by atoms with van der Waals surface area (Å²) in [5.74, 6) is 4.27. The minimum absolute atomic E-state index is 0.417. The molecule has 0 aliphatic heterocycles. The highest BCUT2D eigenvalue weighted by atomic mass is 32.2. The first-order valence-corrected chi connectivity index (χ1v) is 13.7. The topological polar surface area (TPSA) is 38.0 Å². The Kier molecular flexibility index (Phi) is 6.89. The van der Waals surface area contributed by atoms with E-state index in [1.54, 1.807) is 0 Å². The smallest absolute Gasteiger partial charge is 0.113 e. The SMILES string of the molecule is CSc1cccc2c1nc(C1CCC(c3ccccc3)CC1)n2CC1CC1.OCC1CC1. The van der Waals surface area contributed by atoms with Crippen LogP contribution in [0.5, 0.6) is 0 Å². The monoisotopic (exact) mass is 448 g/mol. The zero-order valence-electron chi connectivity index (χ0n) is 19.2. The summed E-state index contributed by atoms with van der Waals surface area (Å²) in [7, 11) is 0. The Morgan fingerprint density at radius 3 is 2.12 bits per heavy atom. The van der Waals surface area contributed by atoms with Crippen LogP contribution >= 0.6 is 11.8 Å². The molecule has 4 heteroatoms. The van der Waals surface area contributed by atoms with Crippen molar-refractivity contribution in [1.82, 2.24) is 9.55 Å². The van der Waals surface area contributed by atoms with Crippen LogP contribution in [0.3, 0.4) is 0 Å². The van der Waals surface area contributed by atoms with E-state index < -0.39 is 0 Å². The Bertz CT molecular complexity index is 1010. The number of thioether (sulfide) groups is 1. The van der Waals surface area contributed by atoms with E-state index in [9.17, 15) is 0 Å². The number of rotatable bonds is 6. The predicted octanol–water partition coefficient (Wildman–Crippen LogP) is 7.00. The molecular weight excluding hydrogens is 412 g/mol. The molecule has 0 unspecified atom stereocenters. The Balaban J connectivity index is 0.000000383. The molecule has 0 amide bonds. The van der Waals surface area contributed by atoms with E-state index in [0.29, 0.717) is 18.4 Å². The van der Waals surface area contributed by atoms with Crippen molar-refractivity contribution in [3.8, 4) is 0 Å². The van der Waals surface area contributed by atoms with Gasteiger partial charge in [0, 0.05) is 24.0 Å². The number of para-hydroxylation sites is 1. The first kappa shape index (κ1) is 22.0. The van der Waals surface area contributed by atoms with E-state index in [4.69, 9.17) is 10.1 Å². The molecule has 0 atom stereocenters. The standard InChI is InChI=1S/C24H28N2S.C4H8O/c1-27-22-9-5-8-21-23(22)25-24(26(21)16-17-10-11-17)20-14-12-19(13-15-20)18-6-3-2-4-7-18;5-3-4-1-2-4/h2-9,17,19-20H,10-16H2,1H3;4-5H,1-3H2. The second-order valence-corrected chi connectivity index (χ2v) is 10.8. The zero-order chi connectivity index (χ0) is 21.9. The van der Waals surface area contributed by atoms with Gasteiger partial charge in [-0.3, -0.25) is 0 Å². The van der Waals surface area contributed by atoms with Crippen molar-refractivity contribution in [2.75, 3.05) is 12.9 Å². The van der Waals surface area contributed by atoms with Gasteiger partial charge in [-0.15, -0.1) is 11.8 Å². The molecule has 0 saturated heterocycles. The molecule has 0 spiro atoms. The molecule has 0 bridgehead atoms. The second-order valence-electron chi connectivity index (χ2n) is 9.94. The van der Waals surface area contributed by atoms with Gasteiger partial charge >= 0.3 is 0 Å². The second kappa shape index (κ2) is 10.0. The minimum Gasteiger partial charge on any atom is -0.396 e. The summed E-state index contributed by atoms with van der Waals surface area (Å²) in [5.41, 5.74) is 4.10. The fourth-order valence-corrected chi connectivity index (χ4v) is 5.63. The van der Waals surface area contributed by atoms with Crippen LogP contribution in [-0.2, 0) is 6.54 Å². The van der Waals surface area contributed by atoms with Gasteiger partial charge in [-0.1, -0.05) is 36.4 Å². The summed E-state index contributed by atoms with van der Waals surface area (Å²) in [4.78, 5) is 6.55. The van der Waals surface area contributed by atoms with E-state index in [-0.39, 0.29) is 0 Å². The van der Waals surface area contributed by atoms with Crippen LogP contribution in [0.15, 0.2) is 53.4 Å². The van der Waals surface area contributed by atoms with Crippen molar-refractivity contribution < 1.29 is 5.11 Å². The molecule has 3 aromatic rings. The van der Waals surface area contributed by atoms with Gasteiger partial charge in [0.2, 0.25) is 0 Å². The Labute approximate surface area is 196 Å². The zero-order valence-corrected chi connectivity index (χ0v) is 20.1. The highest BCUT2D eigenvalue weighted by molar-refractivity contribution is 7.98. The van der Waals surface area contributed by atoms with Gasteiger partial charge in [0.25, 0.3) is 0 Å². The van der Waals surface area contributed by atoms with Crippen molar-refractivity contribution in [2.45, 2.75) is 74.6 Å². The summed E-state index contributed by atoms with van der Waals surface area (Å²) < 4.78 is 2.58. The lowest BCUT2D eigenvalue weighted by Gasteiger charge is -2.29. The van der Waals surface area contributed by atoms with Gasteiger partial charge in [-0.25, -0.2) is 4.98 Å². The van der Waals surface area contributed by atoms with Crippen LogP contribution in [0, 0.1) is 11.8 Å². The lowest BCUT2D eigenvalue weighted by atomic mass is 9.78. The molecule has 32 heavy (non-hydrogen) atoms. The molecule has 3 nitrogen and oxygen atoms in total. The van der Waals surface area contributed by atoms with E-state index >= 15 is 0 Å². The minimum atomic E-state index is 0.417. The number of nitrogens with zero attached hydrogens (tertiary/aromatic N) is 2. The van der Waals surface area contributed by atoms with Gasteiger partial charge < -0.3 is 9.67 Å². The number of benzene rings is 2. The first-order chi connectivity index (χ1) is 15.8. The van der Waals surface area contributed by atoms with Crippen molar-refractivity contribution >= 4 is 22.8 Å². The van der Waals surface area contributed by atoms with E-state index in [2.05, 4.69) is 59.4 Å². The average Bonchev–Trinajstić information content (AvgIpc) is 3.78. The third-order valence-corrected chi connectivity index (χ3v) is 8.22. The number of imidazole rings is 1. The maximum atomic E-state index is 8.21. The van der Waals surface area contributed by atoms with Crippen LogP contribution in [0.1, 0.15) is 74.6 Å². The van der Waals surface area contributed by atoms with Gasteiger partial charge in [0.05, 0.1) is 5.52 Å². The van der Waals surface area contributed by atoms with Crippen LogP contribution in [0.2, 0.25) is 0 Å². The number of aliphatic hydroxyl groups excluding tert-OH is 1. The Morgan fingerprint density at radius 2 is 1.53 bits per heavy atom. The number of hydrogen-bond donors (Lipinski definition) is 1. The molecule has 1 N–H and O–H groups in total. The fraction of sp³-hybridized carbons (Fsp3) is 0.536. The number of aromatic nitrogens is 2. The summed E-state index contributed by atoms with van der Waals surface area (Å²) >= 11 is 1.82. The first-order valence-electron chi connectivity index (χ1n) is 12.5. The molecule has 3 saturated carbocycles. The van der Waals surface area contributed by atoms with Crippen molar-refractivity contribution in [1.29, 1.82) is 0 Å². The number of aliphatic hydroxyl groups is 1. The molecule has 170 valence electrons. The van der Waals surface area contributed by atoms with E-state index in [0.717, 1.165) is 11.8 Å². The van der Waals surface area contributed by atoms with Crippen LogP contribution < -0.4 is 0 Å². The van der Waals surface area contributed by atoms with Gasteiger partial charge in [0.1, 0.15) is 11.3 Å². The summed E-state index contributed by atoms with van der Waals surface area (Å²) in [6, 6.07) is 17.8. The summed E-state index contributed by atoms with van der Waals surface area (Å²) in [6.07, 6.45) is 12.6. The van der Waals surface area contributed by atoms with Crippen LogP contribution in [0.25, 0.3) is 11.0 Å². The lowest BCUT2D eigenvalue weighted by Crippen LogP contribution is -2.16. The van der Waals surface area contributed by atoms with E-state index in [1.807, 2.05) is 11.8 Å². The fourth-order valence-electron chi connectivity index (χ4n) is 5.08. The quantitative estimate of drug-likeness (QED) is 0.413. The van der Waals surface area contributed by atoms with Crippen LogP contribution in [-0.4, -0.2) is 27.5 Å². The maximum Gasteiger partial charge on any atom is 0.113 e. The lowest BCUT2D eigenvalue weighted by molar-refractivity contribution is 0.277. The molecule has 3 fully saturated rings. The van der Waals surface area contributed by atoms with E-state index in [1.165, 1.54) is 85.2 Å². The highest BCUT2D eigenvalue weighted by Crippen LogP contribution is 2.42. The molecular formula is C28H36N2OS. The van der Waals surface area contributed by atoms with Gasteiger partial charge in [-0.05, 0) is 93.1 Å². The van der Waals surface area contributed by atoms with Gasteiger partial charge in [-0.2, -0.15) is 0 Å². The number of fused-ring (bicyclic) bond motifs is 1. The highest BCUT2D eigenvalue weighted by Gasteiger charge is 2.30. The summed E-state index contributed by atoms with van der Waals surface area (Å²) in [5, 5.41) is 8.21.